The van der Waals surface area contributed by atoms with Gasteiger partial charge in [0.2, 0.25) is 0 Å². The van der Waals surface area contributed by atoms with Crippen molar-refractivity contribution in [3.63, 3.8) is 0 Å². The Kier molecular flexibility index (Phi) is 11.1. The Morgan fingerprint density at radius 1 is 0.828 bits per heavy atom. The lowest BCUT2D eigenvalue weighted by Crippen LogP contribution is -2.55. The van der Waals surface area contributed by atoms with E-state index in [2.05, 4.69) is 61.5 Å². The summed E-state index contributed by atoms with van der Waals surface area (Å²) in [5.41, 5.74) is 8.67. The van der Waals surface area contributed by atoms with E-state index < -0.39 is 5.60 Å². The van der Waals surface area contributed by atoms with Gasteiger partial charge in [0.1, 0.15) is 40.0 Å². The van der Waals surface area contributed by atoms with Crippen LogP contribution >= 0.6 is 11.3 Å². The molecule has 0 spiro atoms. The van der Waals surface area contributed by atoms with Crippen LogP contribution in [0.1, 0.15) is 99.5 Å². The van der Waals surface area contributed by atoms with E-state index >= 15 is 4.39 Å². The number of phenols is 1. The molecule has 0 radical (unpaired) electrons. The number of benzene rings is 4. The number of ether oxygens (including phenoxy) is 1. The summed E-state index contributed by atoms with van der Waals surface area (Å²) in [7, 11) is 1.72. The number of anilines is 2. The van der Waals surface area contributed by atoms with Gasteiger partial charge < -0.3 is 24.7 Å². The van der Waals surface area contributed by atoms with Gasteiger partial charge in [0.15, 0.2) is 5.82 Å². The Morgan fingerprint density at radius 2 is 1.53 bits per heavy atom. The number of aryl methyl sites for hydroxylation is 3. The molecular weight excluding hydrogens is 829 g/mol. The summed E-state index contributed by atoms with van der Waals surface area (Å²) < 4.78 is 38.5. The second-order valence-electron chi connectivity index (χ2n) is 18.2. The molecule has 1 aliphatic carbocycles. The summed E-state index contributed by atoms with van der Waals surface area (Å²) in [6.45, 7) is 13.2. The number of piperazine rings is 1. The van der Waals surface area contributed by atoms with Gasteiger partial charge in [-0.3, -0.25) is 14.5 Å². The molecule has 0 saturated carbocycles. The van der Waals surface area contributed by atoms with Gasteiger partial charge in [-0.2, -0.15) is 0 Å². The predicted molar refractivity (Wildman–Crippen MR) is 249 cm³/mol. The van der Waals surface area contributed by atoms with Crippen molar-refractivity contribution in [2.75, 3.05) is 62.7 Å². The van der Waals surface area contributed by atoms with Gasteiger partial charge in [-0.05, 0) is 130 Å². The number of fused-ring (bicyclic) bond motifs is 4. The van der Waals surface area contributed by atoms with Crippen LogP contribution in [0.15, 0.2) is 83.9 Å². The highest BCUT2D eigenvalue weighted by atomic mass is 32.1. The largest absolute Gasteiger partial charge is 0.508 e. The number of nitrogens with zero attached hydrogens (tertiary/aromatic N) is 7. The molecule has 2 aromatic heterocycles. The van der Waals surface area contributed by atoms with Crippen molar-refractivity contribution in [3.05, 3.63) is 146 Å². The number of phenolic OH excluding ortho intramolecular Hbond substituents is 1. The molecule has 6 aromatic rings. The molecule has 0 unspecified atom stereocenters. The number of halogens is 2. The van der Waals surface area contributed by atoms with Crippen molar-refractivity contribution < 1.29 is 23.7 Å². The average Bonchev–Trinajstić information content (AvgIpc) is 3.78. The normalized spacial score (nSPS) is 20.9. The topological polar surface area (TPSA) is 102 Å². The fourth-order valence-electron chi connectivity index (χ4n) is 10.7. The highest BCUT2D eigenvalue weighted by Crippen LogP contribution is 2.50. The van der Waals surface area contributed by atoms with Crippen molar-refractivity contribution >= 4 is 28.4 Å². The number of piperidine rings is 1. The number of rotatable bonds is 8. The number of aromatic nitrogens is 3. The van der Waals surface area contributed by atoms with E-state index in [-0.39, 0.29) is 35.3 Å². The van der Waals surface area contributed by atoms with Gasteiger partial charge in [-0.15, -0.1) is 21.5 Å². The smallest absolute Gasteiger partial charge is 0.162 e. The van der Waals surface area contributed by atoms with Crippen LogP contribution in [0.25, 0.3) is 5.00 Å². The summed E-state index contributed by atoms with van der Waals surface area (Å²) in [6, 6.07) is 24.2. The second-order valence-corrected chi connectivity index (χ2v) is 19.4. The summed E-state index contributed by atoms with van der Waals surface area (Å²) in [5, 5.41) is 32.0. The molecule has 13 heteroatoms. The maximum atomic E-state index is 16.3. The minimum absolute atomic E-state index is 0.0232. The Bertz CT molecular complexity index is 2750. The van der Waals surface area contributed by atoms with Crippen LogP contribution in [0, 0.1) is 32.4 Å². The van der Waals surface area contributed by atoms with E-state index in [0.717, 1.165) is 111 Å². The summed E-state index contributed by atoms with van der Waals surface area (Å²) >= 11 is 1.66. The number of aromatic hydroxyl groups is 1. The third-order valence-electron chi connectivity index (χ3n) is 14.3. The summed E-state index contributed by atoms with van der Waals surface area (Å²) in [4.78, 5) is 13.1. The average molecular weight is 884 g/mol. The lowest BCUT2D eigenvalue weighted by molar-refractivity contribution is -0.0173. The van der Waals surface area contributed by atoms with Crippen LogP contribution in [-0.4, -0.2) is 94.1 Å². The van der Waals surface area contributed by atoms with Crippen LogP contribution in [0.3, 0.4) is 0 Å². The molecule has 0 bridgehead atoms. The molecule has 0 amide bonds. The molecular formula is C51H55F2N7O3S. The lowest BCUT2D eigenvalue weighted by Gasteiger charge is -2.44. The van der Waals surface area contributed by atoms with E-state index in [9.17, 15) is 14.6 Å². The molecule has 10 nitrogen and oxygen atoms in total. The highest BCUT2D eigenvalue weighted by molar-refractivity contribution is 7.15. The highest BCUT2D eigenvalue weighted by Gasteiger charge is 2.38. The minimum Gasteiger partial charge on any atom is -0.508 e. The van der Waals surface area contributed by atoms with Crippen molar-refractivity contribution in [2.24, 2.45) is 4.99 Å². The van der Waals surface area contributed by atoms with Crippen LogP contribution in [0.5, 0.6) is 11.5 Å². The van der Waals surface area contributed by atoms with Crippen LogP contribution in [0.4, 0.5) is 20.2 Å². The third-order valence-corrected chi connectivity index (χ3v) is 15.5. The van der Waals surface area contributed by atoms with E-state index in [0.29, 0.717) is 43.8 Å². The minimum atomic E-state index is -0.830. The van der Waals surface area contributed by atoms with E-state index in [4.69, 9.17) is 9.73 Å². The zero-order valence-electron chi connectivity index (χ0n) is 37.1. The van der Waals surface area contributed by atoms with Crippen molar-refractivity contribution in [2.45, 2.75) is 76.9 Å². The van der Waals surface area contributed by atoms with Crippen LogP contribution in [0.2, 0.25) is 0 Å². The molecule has 2 fully saturated rings. The number of hydrogen-bond donors (Lipinski definition) is 2. The fourth-order valence-corrected chi connectivity index (χ4v) is 11.9. The SMILES string of the molecule is COc1cc(N2CCN(CC3(O)CCN(c4ccc(C5=N[C@@H](C)c6nnc(C)n6-c6sc(C)c(C)c65)c(F)c4)CC3)CC2)ccc1[C@@H]1c2ccc(O)cc2CC[C@@H]1c1ccc(F)cc1. The van der Waals surface area contributed by atoms with Crippen molar-refractivity contribution in [1.82, 2.24) is 19.7 Å². The maximum Gasteiger partial charge on any atom is 0.162 e. The number of methoxy groups -OCH3 is 1. The standard InChI is InChI=1S/C51H55F2N7O3S/c1-30-32(3)64-50-46(30)48(54-31(2)49-56-55-33(4)60(49)50)42-15-11-37(27-44(42)53)58-20-18-51(62,19-21-58)29-57-22-24-59(25-23-57)38-12-16-43(45(28-38)63-5)47-40(34-6-9-36(52)10-7-34)14-8-35-26-39(61)13-17-41(35)47/h6-7,9-13,15-17,26-28,31,40,47,61-62H,8,14,18-25,29H2,1-5H3/t31-,40+,47-/m0/s1. The molecule has 3 aliphatic heterocycles. The number of hydrogen-bond acceptors (Lipinski definition) is 10. The summed E-state index contributed by atoms with van der Waals surface area (Å²) in [6.07, 6.45) is 2.89. The van der Waals surface area contributed by atoms with Gasteiger partial charge in [-0.1, -0.05) is 24.3 Å². The lowest BCUT2D eigenvalue weighted by atomic mass is 9.69. The first-order valence-electron chi connectivity index (χ1n) is 22.5. The Hall–Kier alpha value is -5.63. The molecule has 2 N–H and O–H groups in total. The van der Waals surface area contributed by atoms with Gasteiger partial charge in [0, 0.05) is 90.7 Å². The quantitative estimate of drug-likeness (QED) is 0.156. The molecule has 5 heterocycles. The molecule has 3 atom stereocenters. The maximum absolute atomic E-state index is 16.3. The first kappa shape index (κ1) is 42.3. The van der Waals surface area contributed by atoms with E-state index in [1.807, 2.05) is 50.2 Å². The van der Waals surface area contributed by atoms with Gasteiger partial charge >= 0.3 is 0 Å². The molecule has 4 aliphatic rings. The Balaban J connectivity index is 0.790. The zero-order chi connectivity index (χ0) is 44.4. The number of aliphatic imine (C=N–C) groups is 1. The number of β-amino-alcohol motifs (C(OH)–C–C–N with tert-alkyl or cyclic N) is 1. The number of aliphatic hydroxyl groups is 1. The van der Waals surface area contributed by atoms with Gasteiger partial charge in [-0.25, -0.2) is 8.78 Å². The summed E-state index contributed by atoms with van der Waals surface area (Å²) in [5.74, 6) is 2.15. The molecule has 332 valence electrons. The Morgan fingerprint density at radius 3 is 2.27 bits per heavy atom. The van der Waals surface area contributed by atoms with Crippen molar-refractivity contribution in [1.29, 1.82) is 0 Å². The second kappa shape index (κ2) is 16.7. The molecule has 4 aromatic carbocycles. The Labute approximate surface area is 377 Å². The fraction of sp³-hybridized carbons (Fsp3) is 0.392. The predicted octanol–water partition coefficient (Wildman–Crippen LogP) is 9.17. The van der Waals surface area contributed by atoms with E-state index in [1.54, 1.807) is 30.6 Å². The third kappa shape index (κ3) is 7.64. The van der Waals surface area contributed by atoms with Crippen molar-refractivity contribution in [3.8, 4) is 16.5 Å². The van der Waals surface area contributed by atoms with E-state index in [1.165, 1.54) is 12.1 Å². The number of thiophene rings is 1. The van der Waals surface area contributed by atoms with Crippen LogP contribution in [-0.2, 0) is 6.42 Å². The molecule has 10 rings (SSSR count). The molecule has 2 saturated heterocycles. The first-order chi connectivity index (χ1) is 30.9. The monoisotopic (exact) mass is 883 g/mol. The molecule has 64 heavy (non-hydrogen) atoms. The first-order valence-corrected chi connectivity index (χ1v) is 23.3. The van der Waals surface area contributed by atoms with Gasteiger partial charge in [0.25, 0.3) is 0 Å². The zero-order valence-corrected chi connectivity index (χ0v) is 37.9. The van der Waals surface area contributed by atoms with Gasteiger partial charge in [0.05, 0.1) is 18.4 Å². The van der Waals surface area contributed by atoms with Crippen LogP contribution < -0.4 is 14.5 Å².